The number of nitrogens with one attached hydrogen (secondary N) is 1. The van der Waals surface area contributed by atoms with Crippen LogP contribution in [0.5, 0.6) is 0 Å². The molecular weight excluding hydrogens is 323 g/mol. The molecule has 1 aromatic carbocycles. The van der Waals surface area contributed by atoms with E-state index in [0.717, 1.165) is 12.1 Å². The molecule has 0 aromatic heterocycles. The molecule has 0 heterocycles. The van der Waals surface area contributed by atoms with Crippen molar-refractivity contribution in [3.63, 3.8) is 0 Å². The number of anilines is 1. The van der Waals surface area contributed by atoms with Gasteiger partial charge in [0.05, 0.1) is 16.2 Å². The number of rotatable bonds is 3. The summed E-state index contributed by atoms with van der Waals surface area (Å²) in [5.41, 5.74) is -0.430. The SMILES string of the molecule is N#CC(CNc1cc(F)c(Br)cc1F)C(F)(F)F. The number of halogens is 6. The van der Waals surface area contributed by atoms with E-state index in [1.807, 2.05) is 0 Å². The standard InChI is InChI=1S/C10H6BrF5N2/c11-6-1-8(13)9(2-7(6)12)18-4-5(3-17)10(14,15)16/h1-2,5,18H,4H2. The van der Waals surface area contributed by atoms with Gasteiger partial charge in [0.25, 0.3) is 0 Å². The maximum absolute atomic E-state index is 13.3. The van der Waals surface area contributed by atoms with Crippen LogP contribution in [0.25, 0.3) is 0 Å². The van der Waals surface area contributed by atoms with Crippen LogP contribution in [-0.4, -0.2) is 12.7 Å². The Hall–Kier alpha value is -1.36. The minimum atomic E-state index is -4.72. The fraction of sp³-hybridized carbons (Fsp3) is 0.300. The molecule has 98 valence electrons. The monoisotopic (exact) mass is 328 g/mol. The van der Waals surface area contributed by atoms with Gasteiger partial charge in [-0.3, -0.25) is 0 Å². The first-order valence-corrected chi connectivity index (χ1v) is 5.39. The molecule has 0 saturated heterocycles. The smallest absolute Gasteiger partial charge is 0.381 e. The summed E-state index contributed by atoms with van der Waals surface area (Å²) >= 11 is 2.73. The fourth-order valence-electron chi connectivity index (χ4n) is 1.10. The second kappa shape index (κ2) is 5.52. The largest absolute Gasteiger partial charge is 0.406 e. The van der Waals surface area contributed by atoms with Crippen molar-refractivity contribution in [2.75, 3.05) is 11.9 Å². The zero-order valence-electron chi connectivity index (χ0n) is 8.65. The molecule has 0 radical (unpaired) electrons. The fourth-order valence-corrected chi connectivity index (χ4v) is 1.42. The molecule has 0 aliphatic heterocycles. The molecule has 8 heteroatoms. The zero-order valence-corrected chi connectivity index (χ0v) is 10.2. The van der Waals surface area contributed by atoms with Crippen LogP contribution in [-0.2, 0) is 0 Å². The quantitative estimate of drug-likeness (QED) is 0.676. The molecular formula is C10H6BrF5N2. The molecule has 1 atom stereocenters. The molecule has 0 spiro atoms. The molecule has 2 nitrogen and oxygen atoms in total. The molecule has 0 aliphatic carbocycles. The Bertz CT molecular complexity index is 480. The predicted molar refractivity (Wildman–Crippen MR) is 57.7 cm³/mol. The lowest BCUT2D eigenvalue weighted by molar-refractivity contribution is -0.155. The van der Waals surface area contributed by atoms with Crippen LogP contribution in [0.2, 0.25) is 0 Å². The Kier molecular flexibility index (Phi) is 4.51. The summed E-state index contributed by atoms with van der Waals surface area (Å²) in [6.07, 6.45) is -4.72. The highest BCUT2D eigenvalue weighted by Gasteiger charge is 2.39. The van der Waals surface area contributed by atoms with Crippen LogP contribution >= 0.6 is 15.9 Å². The minimum Gasteiger partial charge on any atom is -0.381 e. The van der Waals surface area contributed by atoms with Crippen molar-refractivity contribution in [3.8, 4) is 6.07 Å². The van der Waals surface area contributed by atoms with Crippen LogP contribution in [0.3, 0.4) is 0 Å². The molecule has 1 rings (SSSR count). The van der Waals surface area contributed by atoms with Crippen LogP contribution in [0.4, 0.5) is 27.6 Å². The normalized spacial score (nSPS) is 12.9. The van der Waals surface area contributed by atoms with Gasteiger partial charge in [0.1, 0.15) is 11.6 Å². The van der Waals surface area contributed by atoms with Crippen molar-refractivity contribution in [2.45, 2.75) is 6.18 Å². The molecule has 18 heavy (non-hydrogen) atoms. The van der Waals surface area contributed by atoms with E-state index in [0.29, 0.717) is 6.07 Å². The number of hydrogen-bond acceptors (Lipinski definition) is 2. The summed E-state index contributed by atoms with van der Waals surface area (Å²) in [7, 11) is 0. The third-order valence-electron chi connectivity index (χ3n) is 2.06. The van der Waals surface area contributed by atoms with E-state index in [1.54, 1.807) is 0 Å². The average Bonchev–Trinajstić information content (AvgIpc) is 2.24. The Labute approximate surface area is 108 Å². The van der Waals surface area contributed by atoms with E-state index in [-0.39, 0.29) is 4.47 Å². The van der Waals surface area contributed by atoms with E-state index in [9.17, 15) is 22.0 Å². The summed E-state index contributed by atoms with van der Waals surface area (Å²) in [6.45, 7) is -0.849. The topological polar surface area (TPSA) is 35.8 Å². The number of nitrogens with zero attached hydrogens (tertiary/aromatic N) is 1. The Morgan fingerprint density at radius 2 is 1.89 bits per heavy atom. The van der Waals surface area contributed by atoms with Gasteiger partial charge in [0, 0.05) is 12.6 Å². The van der Waals surface area contributed by atoms with Gasteiger partial charge >= 0.3 is 6.18 Å². The molecule has 0 fully saturated rings. The van der Waals surface area contributed by atoms with Crippen molar-refractivity contribution in [2.24, 2.45) is 5.92 Å². The Morgan fingerprint density at radius 3 is 2.39 bits per heavy atom. The van der Waals surface area contributed by atoms with Crippen LogP contribution in [0.1, 0.15) is 0 Å². The zero-order chi connectivity index (χ0) is 13.9. The van der Waals surface area contributed by atoms with Gasteiger partial charge in [-0.05, 0) is 22.0 Å². The second-order valence-electron chi connectivity index (χ2n) is 3.35. The van der Waals surface area contributed by atoms with E-state index in [2.05, 4.69) is 21.2 Å². The van der Waals surface area contributed by atoms with Crippen molar-refractivity contribution >= 4 is 21.6 Å². The van der Waals surface area contributed by atoms with Gasteiger partial charge < -0.3 is 5.32 Å². The van der Waals surface area contributed by atoms with Crippen molar-refractivity contribution in [1.82, 2.24) is 0 Å². The summed E-state index contributed by atoms with van der Waals surface area (Å²) in [6, 6.07) is 2.54. The summed E-state index contributed by atoms with van der Waals surface area (Å²) in [4.78, 5) is 0. The molecule has 0 bridgehead atoms. The van der Waals surface area contributed by atoms with Gasteiger partial charge in [-0.2, -0.15) is 18.4 Å². The van der Waals surface area contributed by atoms with E-state index in [1.165, 1.54) is 0 Å². The Balaban J connectivity index is 2.81. The van der Waals surface area contributed by atoms with Gasteiger partial charge in [-0.15, -0.1) is 0 Å². The summed E-state index contributed by atoms with van der Waals surface area (Å²) < 4.78 is 62.9. The number of nitriles is 1. The highest BCUT2D eigenvalue weighted by molar-refractivity contribution is 9.10. The predicted octanol–water partition coefficient (Wildman–Crippen LogP) is 3.84. The molecule has 1 unspecified atom stereocenters. The van der Waals surface area contributed by atoms with E-state index < -0.39 is 36.0 Å². The molecule has 0 saturated carbocycles. The number of alkyl halides is 3. The van der Waals surface area contributed by atoms with Gasteiger partial charge in [-0.25, -0.2) is 8.78 Å². The maximum atomic E-state index is 13.3. The molecule has 0 aliphatic rings. The first-order chi connectivity index (χ1) is 8.25. The second-order valence-corrected chi connectivity index (χ2v) is 4.20. The van der Waals surface area contributed by atoms with Gasteiger partial charge in [-0.1, -0.05) is 0 Å². The first-order valence-electron chi connectivity index (χ1n) is 4.60. The van der Waals surface area contributed by atoms with Crippen molar-refractivity contribution in [1.29, 1.82) is 5.26 Å². The van der Waals surface area contributed by atoms with E-state index >= 15 is 0 Å². The summed E-state index contributed by atoms with van der Waals surface area (Å²) in [5.74, 6) is -4.02. The van der Waals surface area contributed by atoms with Crippen LogP contribution < -0.4 is 5.32 Å². The lowest BCUT2D eigenvalue weighted by atomic mass is 10.1. The van der Waals surface area contributed by atoms with Gasteiger partial charge in [0.15, 0.2) is 5.92 Å². The number of hydrogen-bond donors (Lipinski definition) is 1. The Morgan fingerprint density at radius 1 is 1.28 bits per heavy atom. The van der Waals surface area contributed by atoms with Crippen LogP contribution in [0.15, 0.2) is 16.6 Å². The highest BCUT2D eigenvalue weighted by atomic mass is 79.9. The molecule has 1 N–H and O–H groups in total. The first kappa shape index (κ1) is 14.7. The molecule has 0 amide bonds. The van der Waals surface area contributed by atoms with Gasteiger partial charge in [0.2, 0.25) is 0 Å². The third-order valence-corrected chi connectivity index (χ3v) is 2.67. The highest BCUT2D eigenvalue weighted by Crippen LogP contribution is 2.27. The number of benzene rings is 1. The summed E-state index contributed by atoms with van der Waals surface area (Å²) in [5, 5.41) is 10.4. The van der Waals surface area contributed by atoms with Crippen molar-refractivity contribution < 1.29 is 22.0 Å². The molecule has 1 aromatic rings. The average molecular weight is 329 g/mol. The van der Waals surface area contributed by atoms with Crippen molar-refractivity contribution in [3.05, 3.63) is 28.2 Å². The lowest BCUT2D eigenvalue weighted by Gasteiger charge is -2.15. The lowest BCUT2D eigenvalue weighted by Crippen LogP contribution is -2.28. The third kappa shape index (κ3) is 3.57. The minimum absolute atomic E-state index is 0.141. The maximum Gasteiger partial charge on any atom is 0.406 e. The van der Waals surface area contributed by atoms with E-state index in [4.69, 9.17) is 5.26 Å². The van der Waals surface area contributed by atoms with Crippen LogP contribution in [0, 0.1) is 28.9 Å².